The molecule has 0 amide bonds. The number of anilines is 1. The molecular weight excluding hydrogens is 300 g/mol. The Bertz CT molecular complexity index is 668. The molecule has 0 aliphatic rings. The maximum atomic E-state index is 10.9. The van der Waals surface area contributed by atoms with Gasteiger partial charge in [0.1, 0.15) is 17.3 Å². The van der Waals surface area contributed by atoms with Crippen molar-refractivity contribution in [2.45, 2.75) is 6.10 Å². The Morgan fingerprint density at radius 1 is 1.22 bits per heavy atom. The fraction of sp³-hybridized carbons (Fsp3) is 0.250. The minimum atomic E-state index is -1.10. The number of aliphatic hydroxyl groups excluding tert-OH is 1. The molecule has 7 heteroatoms. The van der Waals surface area contributed by atoms with Crippen molar-refractivity contribution >= 4 is 11.8 Å². The number of hydrogen-bond acceptors (Lipinski definition) is 6. The SMILES string of the molecule is COc1cc(OC)cc(C(O)CNc2cccc(C(=O)O)n2)c1. The van der Waals surface area contributed by atoms with Crippen molar-refractivity contribution in [3.63, 3.8) is 0 Å². The first kappa shape index (κ1) is 16.6. The molecule has 122 valence electrons. The van der Waals surface area contributed by atoms with Gasteiger partial charge in [0.05, 0.1) is 20.3 Å². The van der Waals surface area contributed by atoms with Gasteiger partial charge in [-0.1, -0.05) is 6.07 Å². The number of carboxylic acid groups (broad SMARTS) is 1. The number of nitrogens with one attached hydrogen (secondary N) is 1. The average molecular weight is 318 g/mol. The van der Waals surface area contributed by atoms with Crippen molar-refractivity contribution in [2.75, 3.05) is 26.1 Å². The first-order chi connectivity index (χ1) is 11.0. The van der Waals surface area contributed by atoms with Gasteiger partial charge in [-0.2, -0.15) is 0 Å². The molecule has 1 unspecified atom stereocenters. The van der Waals surface area contributed by atoms with Crippen LogP contribution in [0, 0.1) is 0 Å². The summed E-state index contributed by atoms with van der Waals surface area (Å²) in [5.41, 5.74) is 0.552. The van der Waals surface area contributed by atoms with Gasteiger partial charge in [-0.05, 0) is 29.8 Å². The Labute approximate surface area is 133 Å². The number of benzene rings is 1. The van der Waals surface area contributed by atoms with Crippen LogP contribution in [0.1, 0.15) is 22.2 Å². The van der Waals surface area contributed by atoms with Crippen molar-refractivity contribution in [3.8, 4) is 11.5 Å². The van der Waals surface area contributed by atoms with Crippen molar-refractivity contribution in [1.82, 2.24) is 4.98 Å². The first-order valence-corrected chi connectivity index (χ1v) is 6.88. The molecule has 0 bridgehead atoms. The Hall–Kier alpha value is -2.80. The fourth-order valence-electron chi connectivity index (χ4n) is 1.99. The number of aromatic carboxylic acids is 1. The Morgan fingerprint density at radius 2 is 1.87 bits per heavy atom. The highest BCUT2D eigenvalue weighted by molar-refractivity contribution is 5.85. The van der Waals surface area contributed by atoms with E-state index in [1.807, 2.05) is 0 Å². The van der Waals surface area contributed by atoms with E-state index in [-0.39, 0.29) is 12.2 Å². The molecule has 0 fully saturated rings. The van der Waals surface area contributed by atoms with E-state index >= 15 is 0 Å². The minimum absolute atomic E-state index is 0.0625. The Morgan fingerprint density at radius 3 is 2.43 bits per heavy atom. The van der Waals surface area contributed by atoms with Crippen LogP contribution < -0.4 is 14.8 Å². The van der Waals surface area contributed by atoms with E-state index in [1.165, 1.54) is 20.3 Å². The second kappa shape index (κ2) is 7.46. The molecule has 1 atom stereocenters. The molecule has 0 saturated heterocycles. The number of aliphatic hydroxyl groups is 1. The molecule has 0 spiro atoms. The lowest BCUT2D eigenvalue weighted by molar-refractivity contribution is 0.0690. The van der Waals surface area contributed by atoms with E-state index in [0.717, 1.165) is 0 Å². The predicted octanol–water partition coefficient (Wildman–Crippen LogP) is 1.94. The summed E-state index contributed by atoms with van der Waals surface area (Å²) in [5.74, 6) is 0.416. The molecule has 2 rings (SSSR count). The zero-order chi connectivity index (χ0) is 16.8. The van der Waals surface area contributed by atoms with Crippen LogP contribution >= 0.6 is 0 Å². The van der Waals surface area contributed by atoms with Crippen molar-refractivity contribution < 1.29 is 24.5 Å². The van der Waals surface area contributed by atoms with Gasteiger partial charge in [0.2, 0.25) is 0 Å². The van der Waals surface area contributed by atoms with Crippen LogP contribution in [0.2, 0.25) is 0 Å². The number of aromatic nitrogens is 1. The highest BCUT2D eigenvalue weighted by Crippen LogP contribution is 2.26. The summed E-state index contributed by atoms with van der Waals surface area (Å²) in [6.07, 6.45) is -0.839. The first-order valence-electron chi connectivity index (χ1n) is 6.88. The number of hydrogen-bond donors (Lipinski definition) is 3. The van der Waals surface area contributed by atoms with E-state index < -0.39 is 12.1 Å². The lowest BCUT2D eigenvalue weighted by atomic mass is 10.1. The molecule has 1 aromatic heterocycles. The van der Waals surface area contributed by atoms with E-state index in [4.69, 9.17) is 14.6 Å². The van der Waals surface area contributed by atoms with Gasteiger partial charge in [0.25, 0.3) is 0 Å². The minimum Gasteiger partial charge on any atom is -0.497 e. The molecule has 1 heterocycles. The van der Waals surface area contributed by atoms with Gasteiger partial charge in [-0.3, -0.25) is 0 Å². The van der Waals surface area contributed by atoms with Crippen molar-refractivity contribution in [1.29, 1.82) is 0 Å². The monoisotopic (exact) mass is 318 g/mol. The van der Waals surface area contributed by atoms with E-state index in [2.05, 4.69) is 10.3 Å². The molecule has 7 nitrogen and oxygen atoms in total. The third kappa shape index (κ3) is 4.33. The van der Waals surface area contributed by atoms with Gasteiger partial charge >= 0.3 is 5.97 Å². The van der Waals surface area contributed by atoms with Gasteiger partial charge in [-0.25, -0.2) is 9.78 Å². The van der Waals surface area contributed by atoms with E-state index in [0.29, 0.717) is 22.9 Å². The second-order valence-electron chi connectivity index (χ2n) is 4.76. The average Bonchev–Trinajstić information content (AvgIpc) is 2.59. The fourth-order valence-corrected chi connectivity index (χ4v) is 1.99. The molecule has 0 aliphatic heterocycles. The van der Waals surface area contributed by atoms with E-state index in [1.54, 1.807) is 30.3 Å². The van der Waals surface area contributed by atoms with Crippen LogP contribution in [0.4, 0.5) is 5.82 Å². The lowest BCUT2D eigenvalue weighted by Gasteiger charge is -2.15. The zero-order valence-electron chi connectivity index (χ0n) is 12.8. The van der Waals surface area contributed by atoms with Gasteiger partial charge in [0, 0.05) is 12.6 Å². The number of carboxylic acids is 1. The third-order valence-electron chi connectivity index (χ3n) is 3.20. The molecule has 0 aliphatic carbocycles. The molecular formula is C16H18N2O5. The molecule has 1 aromatic carbocycles. The quantitative estimate of drug-likeness (QED) is 0.717. The van der Waals surface area contributed by atoms with Gasteiger partial charge < -0.3 is 25.0 Å². The summed E-state index contributed by atoms with van der Waals surface area (Å²) >= 11 is 0. The summed E-state index contributed by atoms with van der Waals surface area (Å²) in [4.78, 5) is 14.8. The standard InChI is InChI=1S/C16H18N2O5/c1-22-11-6-10(7-12(8-11)23-2)14(19)9-17-15-5-3-4-13(18-15)16(20)21/h3-8,14,19H,9H2,1-2H3,(H,17,18)(H,20,21). The lowest BCUT2D eigenvalue weighted by Crippen LogP contribution is -2.14. The number of methoxy groups -OCH3 is 2. The topological polar surface area (TPSA) is 101 Å². The Balaban J connectivity index is 2.09. The van der Waals surface area contributed by atoms with Crippen LogP contribution in [-0.4, -0.2) is 41.9 Å². The van der Waals surface area contributed by atoms with Gasteiger partial charge in [-0.15, -0.1) is 0 Å². The summed E-state index contributed by atoms with van der Waals surface area (Å²) in [6.45, 7) is 0.159. The molecule has 0 radical (unpaired) electrons. The molecule has 2 aromatic rings. The number of nitrogens with zero attached hydrogens (tertiary/aromatic N) is 1. The van der Waals surface area contributed by atoms with Gasteiger partial charge in [0.15, 0.2) is 5.69 Å². The van der Waals surface area contributed by atoms with Crippen LogP contribution in [0.5, 0.6) is 11.5 Å². The van der Waals surface area contributed by atoms with E-state index in [9.17, 15) is 9.90 Å². The highest BCUT2D eigenvalue weighted by atomic mass is 16.5. The molecule has 23 heavy (non-hydrogen) atoms. The smallest absolute Gasteiger partial charge is 0.354 e. The number of rotatable bonds is 7. The van der Waals surface area contributed by atoms with Crippen LogP contribution in [0.3, 0.4) is 0 Å². The number of carbonyl (C=O) groups is 1. The van der Waals surface area contributed by atoms with Crippen LogP contribution in [0.15, 0.2) is 36.4 Å². The second-order valence-corrected chi connectivity index (χ2v) is 4.76. The normalized spacial score (nSPS) is 11.6. The highest BCUT2D eigenvalue weighted by Gasteiger charge is 2.12. The Kier molecular flexibility index (Phi) is 5.37. The van der Waals surface area contributed by atoms with Crippen molar-refractivity contribution in [2.24, 2.45) is 0 Å². The largest absolute Gasteiger partial charge is 0.497 e. The predicted molar refractivity (Wildman–Crippen MR) is 84.2 cm³/mol. The maximum Gasteiger partial charge on any atom is 0.354 e. The number of ether oxygens (including phenoxy) is 2. The summed E-state index contributed by atoms with van der Waals surface area (Å²) < 4.78 is 10.3. The summed E-state index contributed by atoms with van der Waals surface area (Å²) in [6, 6.07) is 9.73. The zero-order valence-corrected chi connectivity index (χ0v) is 12.8. The summed E-state index contributed by atoms with van der Waals surface area (Å²) in [7, 11) is 3.06. The molecule has 0 saturated carbocycles. The van der Waals surface area contributed by atoms with Crippen LogP contribution in [0.25, 0.3) is 0 Å². The van der Waals surface area contributed by atoms with Crippen LogP contribution in [-0.2, 0) is 0 Å². The number of pyridine rings is 1. The molecule has 3 N–H and O–H groups in total. The summed E-state index contributed by atoms with van der Waals surface area (Å²) in [5, 5.41) is 22.1. The third-order valence-corrected chi connectivity index (χ3v) is 3.20. The maximum absolute atomic E-state index is 10.9. The van der Waals surface area contributed by atoms with Crippen molar-refractivity contribution in [3.05, 3.63) is 47.7 Å².